The lowest BCUT2D eigenvalue weighted by molar-refractivity contribution is 1.08. The first-order valence-electron chi connectivity index (χ1n) is 4.16. The number of anilines is 2. The molecule has 1 aliphatic carbocycles. The van der Waals surface area contributed by atoms with Gasteiger partial charge in [0.1, 0.15) is 5.82 Å². The molecule has 4 heteroatoms. The molecule has 0 unspecified atom stereocenters. The lowest BCUT2D eigenvalue weighted by Crippen LogP contribution is -2.05. The molecule has 1 aliphatic rings. The lowest BCUT2D eigenvalue weighted by atomic mass is 10.5. The zero-order valence-electron chi connectivity index (χ0n) is 7.04. The Morgan fingerprint density at radius 1 is 1.50 bits per heavy atom. The first-order chi connectivity index (χ1) is 5.88. The van der Waals surface area contributed by atoms with Crippen LogP contribution in [0.1, 0.15) is 12.8 Å². The van der Waals surface area contributed by atoms with E-state index in [0.717, 1.165) is 5.82 Å². The maximum absolute atomic E-state index is 4.24. The largest absolute Gasteiger partial charge is 0.367 e. The maximum Gasteiger partial charge on any atom is 0.224 e. The smallest absolute Gasteiger partial charge is 0.224 e. The Balaban J connectivity index is 2.08. The van der Waals surface area contributed by atoms with E-state index < -0.39 is 0 Å². The zero-order valence-corrected chi connectivity index (χ0v) is 7.04. The highest BCUT2D eigenvalue weighted by atomic mass is 15.1. The van der Waals surface area contributed by atoms with E-state index in [1.165, 1.54) is 12.8 Å². The van der Waals surface area contributed by atoms with Crippen LogP contribution in [0.5, 0.6) is 0 Å². The van der Waals surface area contributed by atoms with Gasteiger partial charge in [0, 0.05) is 19.3 Å². The van der Waals surface area contributed by atoms with E-state index in [4.69, 9.17) is 0 Å². The second-order valence-corrected chi connectivity index (χ2v) is 2.93. The van der Waals surface area contributed by atoms with Gasteiger partial charge in [-0.05, 0) is 18.9 Å². The molecule has 1 aromatic heterocycles. The van der Waals surface area contributed by atoms with Gasteiger partial charge in [-0.2, -0.15) is 4.98 Å². The second kappa shape index (κ2) is 2.97. The highest BCUT2D eigenvalue weighted by molar-refractivity contribution is 5.40. The molecule has 64 valence electrons. The number of nitrogens with one attached hydrogen (secondary N) is 2. The summed E-state index contributed by atoms with van der Waals surface area (Å²) in [6.45, 7) is 0. The minimum atomic E-state index is 0.643. The molecular formula is C8H12N4. The van der Waals surface area contributed by atoms with E-state index in [1.54, 1.807) is 6.20 Å². The van der Waals surface area contributed by atoms with Gasteiger partial charge in [0.15, 0.2) is 0 Å². The summed E-state index contributed by atoms with van der Waals surface area (Å²) in [6, 6.07) is 2.53. The van der Waals surface area contributed by atoms with Crippen molar-refractivity contribution < 1.29 is 0 Å². The monoisotopic (exact) mass is 164 g/mol. The third kappa shape index (κ3) is 1.64. The van der Waals surface area contributed by atoms with E-state index in [1.807, 2.05) is 13.1 Å². The summed E-state index contributed by atoms with van der Waals surface area (Å²) >= 11 is 0. The highest BCUT2D eigenvalue weighted by Gasteiger charge is 2.21. The number of hydrogen-bond acceptors (Lipinski definition) is 4. The number of rotatable bonds is 3. The molecule has 12 heavy (non-hydrogen) atoms. The molecule has 1 heterocycles. The van der Waals surface area contributed by atoms with Gasteiger partial charge in [-0.15, -0.1) is 0 Å². The summed E-state index contributed by atoms with van der Waals surface area (Å²) in [5.41, 5.74) is 0. The molecule has 1 fully saturated rings. The van der Waals surface area contributed by atoms with Crippen LogP contribution in [0.15, 0.2) is 12.3 Å². The molecule has 0 amide bonds. The molecule has 0 aromatic carbocycles. The van der Waals surface area contributed by atoms with Crippen molar-refractivity contribution in [2.75, 3.05) is 17.7 Å². The molecule has 0 bridgehead atoms. The molecule has 0 saturated heterocycles. The second-order valence-electron chi connectivity index (χ2n) is 2.93. The zero-order chi connectivity index (χ0) is 8.39. The van der Waals surface area contributed by atoms with E-state index in [9.17, 15) is 0 Å². The normalized spacial score (nSPS) is 15.8. The number of hydrogen-bond donors (Lipinski definition) is 2. The van der Waals surface area contributed by atoms with Crippen molar-refractivity contribution in [3.05, 3.63) is 12.3 Å². The molecule has 1 saturated carbocycles. The molecule has 1 aromatic rings. The molecule has 2 rings (SSSR count). The Kier molecular flexibility index (Phi) is 1.81. The third-order valence-electron chi connectivity index (χ3n) is 1.81. The quantitative estimate of drug-likeness (QED) is 0.702. The minimum Gasteiger partial charge on any atom is -0.367 e. The Morgan fingerprint density at radius 2 is 2.33 bits per heavy atom. The number of aromatic nitrogens is 2. The topological polar surface area (TPSA) is 49.8 Å². The number of nitrogens with zero attached hydrogens (tertiary/aromatic N) is 2. The first kappa shape index (κ1) is 7.34. The van der Waals surface area contributed by atoms with Crippen molar-refractivity contribution >= 4 is 11.8 Å². The molecule has 0 radical (unpaired) electrons. The molecule has 0 spiro atoms. The van der Waals surface area contributed by atoms with Crippen LogP contribution >= 0.6 is 0 Å². The summed E-state index contributed by atoms with van der Waals surface area (Å²) in [5, 5.41) is 6.20. The van der Waals surface area contributed by atoms with Crippen LogP contribution < -0.4 is 10.6 Å². The molecule has 0 atom stereocenters. The fourth-order valence-electron chi connectivity index (χ4n) is 0.996. The Hall–Kier alpha value is -1.32. The Labute approximate surface area is 71.4 Å². The van der Waals surface area contributed by atoms with Crippen LogP contribution in [0, 0.1) is 0 Å². The van der Waals surface area contributed by atoms with Crippen LogP contribution in [-0.4, -0.2) is 23.1 Å². The van der Waals surface area contributed by atoms with Gasteiger partial charge in [0.05, 0.1) is 0 Å². The van der Waals surface area contributed by atoms with E-state index in [0.29, 0.717) is 12.0 Å². The Bertz CT molecular complexity index is 270. The summed E-state index contributed by atoms with van der Waals surface area (Å²) in [4.78, 5) is 8.26. The maximum atomic E-state index is 4.24. The van der Waals surface area contributed by atoms with Crippen LogP contribution in [0.2, 0.25) is 0 Å². The highest BCUT2D eigenvalue weighted by Crippen LogP contribution is 2.23. The lowest BCUT2D eigenvalue weighted by Gasteiger charge is -2.03. The average Bonchev–Trinajstić information content (AvgIpc) is 2.89. The van der Waals surface area contributed by atoms with Gasteiger partial charge in [-0.25, -0.2) is 4.98 Å². The molecule has 0 aliphatic heterocycles. The van der Waals surface area contributed by atoms with E-state index in [2.05, 4.69) is 20.6 Å². The molecule has 2 N–H and O–H groups in total. The van der Waals surface area contributed by atoms with Crippen molar-refractivity contribution in [3.63, 3.8) is 0 Å². The van der Waals surface area contributed by atoms with Gasteiger partial charge in [0.25, 0.3) is 0 Å². The van der Waals surface area contributed by atoms with Gasteiger partial charge < -0.3 is 10.6 Å². The van der Waals surface area contributed by atoms with Crippen LogP contribution in [0.4, 0.5) is 11.8 Å². The van der Waals surface area contributed by atoms with Gasteiger partial charge in [0.2, 0.25) is 5.95 Å². The fourth-order valence-corrected chi connectivity index (χ4v) is 0.996. The fraction of sp³-hybridized carbons (Fsp3) is 0.500. The van der Waals surface area contributed by atoms with Gasteiger partial charge in [-0.3, -0.25) is 0 Å². The van der Waals surface area contributed by atoms with Gasteiger partial charge >= 0.3 is 0 Å². The average molecular weight is 164 g/mol. The predicted octanol–water partition coefficient (Wildman–Crippen LogP) is 1.09. The molecular weight excluding hydrogens is 152 g/mol. The van der Waals surface area contributed by atoms with Crippen molar-refractivity contribution in [2.24, 2.45) is 0 Å². The Morgan fingerprint density at radius 3 is 3.00 bits per heavy atom. The molecule has 4 nitrogen and oxygen atoms in total. The SMILES string of the molecule is CNc1nccc(NC2CC2)n1. The predicted molar refractivity (Wildman–Crippen MR) is 48.2 cm³/mol. The van der Waals surface area contributed by atoms with E-state index >= 15 is 0 Å². The van der Waals surface area contributed by atoms with Crippen molar-refractivity contribution in [2.45, 2.75) is 18.9 Å². The minimum absolute atomic E-state index is 0.643. The summed E-state index contributed by atoms with van der Waals surface area (Å²) in [5.74, 6) is 1.58. The van der Waals surface area contributed by atoms with Crippen LogP contribution in [0.3, 0.4) is 0 Å². The van der Waals surface area contributed by atoms with Crippen molar-refractivity contribution in [1.29, 1.82) is 0 Å². The van der Waals surface area contributed by atoms with Crippen molar-refractivity contribution in [3.8, 4) is 0 Å². The third-order valence-corrected chi connectivity index (χ3v) is 1.81. The summed E-state index contributed by atoms with van der Waals surface area (Å²) < 4.78 is 0. The van der Waals surface area contributed by atoms with Crippen LogP contribution in [-0.2, 0) is 0 Å². The summed E-state index contributed by atoms with van der Waals surface area (Å²) in [7, 11) is 1.82. The van der Waals surface area contributed by atoms with E-state index in [-0.39, 0.29) is 0 Å². The first-order valence-corrected chi connectivity index (χ1v) is 4.16. The van der Waals surface area contributed by atoms with Gasteiger partial charge in [-0.1, -0.05) is 0 Å². The summed E-state index contributed by atoms with van der Waals surface area (Å²) in [6.07, 6.45) is 4.28. The van der Waals surface area contributed by atoms with Crippen molar-refractivity contribution in [1.82, 2.24) is 9.97 Å². The van der Waals surface area contributed by atoms with Crippen LogP contribution in [0.25, 0.3) is 0 Å². The standard InChI is InChI=1S/C8H12N4/c1-9-8-10-5-4-7(12-8)11-6-2-3-6/h4-6H,2-3H2,1H3,(H2,9,10,11,12).